The summed E-state index contributed by atoms with van der Waals surface area (Å²) in [6, 6.07) is 0. The maximum atomic E-state index is 9.28. The first-order valence-corrected chi connectivity index (χ1v) is 2.14. The lowest BCUT2D eigenvalue weighted by Gasteiger charge is -1.62. The molecule has 0 aliphatic heterocycles. The predicted octanol–water partition coefficient (Wildman–Crippen LogP) is -0.450. The van der Waals surface area contributed by atoms with Gasteiger partial charge in [-0.3, -0.25) is 4.79 Å². The average molecular weight is 146 g/mol. The SMILES string of the molecule is CC(=O)O.O=C=CC(=O)O. The van der Waals surface area contributed by atoms with Gasteiger partial charge in [0.15, 0.2) is 0 Å². The summed E-state index contributed by atoms with van der Waals surface area (Å²) in [5.41, 5.74) is 0. The van der Waals surface area contributed by atoms with Crippen LogP contribution in [0.15, 0.2) is 6.08 Å². The van der Waals surface area contributed by atoms with Gasteiger partial charge >= 0.3 is 5.97 Å². The standard InChI is InChI=1S/C3H2O3.C2H4O2/c4-2-1-3(5)6;1-2(3)4/h1H,(H,5,6);1H3,(H,3,4). The Bertz CT molecular complexity index is 161. The van der Waals surface area contributed by atoms with Gasteiger partial charge in [0.05, 0.1) is 0 Å². The van der Waals surface area contributed by atoms with E-state index < -0.39 is 11.9 Å². The zero-order valence-corrected chi connectivity index (χ0v) is 5.20. The number of carboxylic acids is 2. The number of aliphatic carboxylic acids is 2. The molecule has 0 heterocycles. The lowest BCUT2D eigenvalue weighted by Crippen LogP contribution is -1.84. The number of hydrogen-bond acceptors (Lipinski definition) is 3. The first-order valence-electron chi connectivity index (χ1n) is 2.14. The van der Waals surface area contributed by atoms with Crippen molar-refractivity contribution in [3.05, 3.63) is 6.08 Å². The van der Waals surface area contributed by atoms with Crippen molar-refractivity contribution in [2.24, 2.45) is 0 Å². The highest BCUT2D eigenvalue weighted by Gasteiger charge is 1.79. The lowest BCUT2D eigenvalue weighted by atomic mass is 10.7. The molecule has 5 nitrogen and oxygen atoms in total. The summed E-state index contributed by atoms with van der Waals surface area (Å²) in [4.78, 5) is 27.3. The van der Waals surface area contributed by atoms with Gasteiger partial charge in [-0.25, -0.2) is 9.59 Å². The molecule has 0 aliphatic rings. The van der Waals surface area contributed by atoms with Crippen molar-refractivity contribution in [3.63, 3.8) is 0 Å². The molecule has 0 bridgehead atoms. The van der Waals surface area contributed by atoms with Crippen LogP contribution in [0.25, 0.3) is 0 Å². The van der Waals surface area contributed by atoms with E-state index in [1.54, 1.807) is 0 Å². The molecule has 0 aromatic rings. The third-order valence-corrected chi connectivity index (χ3v) is 0.182. The molecular formula is C5H6O5. The predicted molar refractivity (Wildman–Crippen MR) is 31.2 cm³/mol. The molecule has 5 heteroatoms. The van der Waals surface area contributed by atoms with Crippen LogP contribution in [0.3, 0.4) is 0 Å². The number of rotatable bonds is 1. The Kier molecular flexibility index (Phi) is 8.29. The molecule has 0 aromatic heterocycles. The van der Waals surface area contributed by atoms with Gasteiger partial charge in [-0.1, -0.05) is 0 Å². The Morgan fingerprint density at radius 2 is 1.70 bits per heavy atom. The smallest absolute Gasteiger partial charge is 0.339 e. The van der Waals surface area contributed by atoms with Crippen LogP contribution >= 0.6 is 0 Å². The molecule has 56 valence electrons. The topological polar surface area (TPSA) is 91.7 Å². The Morgan fingerprint density at radius 3 is 1.70 bits per heavy atom. The summed E-state index contributed by atoms with van der Waals surface area (Å²) in [6.07, 6.45) is 0.403. The molecule has 0 aliphatic carbocycles. The monoisotopic (exact) mass is 146 g/mol. The van der Waals surface area contributed by atoms with E-state index in [9.17, 15) is 4.79 Å². The molecule has 0 unspecified atom stereocenters. The van der Waals surface area contributed by atoms with Gasteiger partial charge in [-0.05, 0) is 0 Å². The first-order chi connectivity index (χ1) is 4.50. The maximum absolute atomic E-state index is 9.28. The van der Waals surface area contributed by atoms with Crippen molar-refractivity contribution in [1.82, 2.24) is 0 Å². The van der Waals surface area contributed by atoms with E-state index in [0.29, 0.717) is 6.08 Å². The molecule has 10 heavy (non-hydrogen) atoms. The van der Waals surface area contributed by atoms with Crippen molar-refractivity contribution in [1.29, 1.82) is 0 Å². The summed E-state index contributed by atoms with van der Waals surface area (Å²) in [6.45, 7) is 1.08. The third-order valence-electron chi connectivity index (χ3n) is 0.182. The van der Waals surface area contributed by atoms with E-state index in [1.807, 2.05) is 0 Å². The molecule has 0 atom stereocenters. The summed E-state index contributed by atoms with van der Waals surface area (Å²) in [7, 11) is 0. The normalized spacial score (nSPS) is 6.10. The molecular weight excluding hydrogens is 140 g/mol. The van der Waals surface area contributed by atoms with Crippen LogP contribution in [0, 0.1) is 0 Å². The Labute approximate surface area is 56.6 Å². The van der Waals surface area contributed by atoms with E-state index in [2.05, 4.69) is 0 Å². The summed E-state index contributed by atoms with van der Waals surface area (Å²) in [5, 5.41) is 15.0. The van der Waals surface area contributed by atoms with E-state index in [0.717, 1.165) is 12.9 Å². The molecule has 0 saturated carbocycles. The Balaban J connectivity index is 0. The minimum Gasteiger partial charge on any atom is -0.481 e. The summed E-state index contributed by atoms with van der Waals surface area (Å²) < 4.78 is 0. The van der Waals surface area contributed by atoms with Gasteiger partial charge < -0.3 is 10.2 Å². The fourth-order valence-corrected chi connectivity index (χ4v) is 0.0504. The molecule has 0 amide bonds. The van der Waals surface area contributed by atoms with Crippen LogP contribution in [0.2, 0.25) is 0 Å². The quantitative estimate of drug-likeness (QED) is 0.386. The Hall–Kier alpha value is -1.61. The molecule has 0 rings (SSSR count). The van der Waals surface area contributed by atoms with Gasteiger partial charge in [0, 0.05) is 6.92 Å². The average Bonchev–Trinajstić information content (AvgIpc) is 1.62. The van der Waals surface area contributed by atoms with Crippen molar-refractivity contribution >= 4 is 17.9 Å². The molecule has 0 spiro atoms. The zero-order valence-electron chi connectivity index (χ0n) is 5.20. The largest absolute Gasteiger partial charge is 0.481 e. The minimum absolute atomic E-state index is 0.403. The van der Waals surface area contributed by atoms with Gasteiger partial charge in [0.25, 0.3) is 5.97 Å². The molecule has 0 saturated heterocycles. The second kappa shape index (κ2) is 7.39. The van der Waals surface area contributed by atoms with E-state index >= 15 is 0 Å². The van der Waals surface area contributed by atoms with Gasteiger partial charge in [-0.15, -0.1) is 0 Å². The third kappa shape index (κ3) is 96.1. The van der Waals surface area contributed by atoms with E-state index in [-0.39, 0.29) is 0 Å². The molecule has 0 aromatic carbocycles. The van der Waals surface area contributed by atoms with Crippen LogP contribution < -0.4 is 0 Å². The number of carboxylic acid groups (broad SMARTS) is 2. The van der Waals surface area contributed by atoms with Crippen molar-refractivity contribution < 1.29 is 24.6 Å². The van der Waals surface area contributed by atoms with Gasteiger partial charge in [0.2, 0.25) is 0 Å². The fourth-order valence-electron chi connectivity index (χ4n) is 0.0504. The van der Waals surface area contributed by atoms with Crippen LogP contribution in [0.1, 0.15) is 6.92 Å². The van der Waals surface area contributed by atoms with Crippen LogP contribution in [0.4, 0.5) is 0 Å². The second-order valence-corrected chi connectivity index (χ2v) is 1.12. The van der Waals surface area contributed by atoms with Gasteiger partial charge in [-0.2, -0.15) is 0 Å². The van der Waals surface area contributed by atoms with Crippen LogP contribution in [-0.4, -0.2) is 28.1 Å². The van der Waals surface area contributed by atoms with Gasteiger partial charge in [0.1, 0.15) is 12.0 Å². The first kappa shape index (κ1) is 11.2. The lowest BCUT2D eigenvalue weighted by molar-refractivity contribution is -0.134. The van der Waals surface area contributed by atoms with Crippen molar-refractivity contribution in [3.8, 4) is 0 Å². The van der Waals surface area contributed by atoms with E-state index in [1.165, 1.54) is 0 Å². The summed E-state index contributed by atoms with van der Waals surface area (Å²) in [5.74, 6) is -1.000. The summed E-state index contributed by atoms with van der Waals surface area (Å²) >= 11 is 0. The van der Waals surface area contributed by atoms with Crippen LogP contribution in [-0.2, 0) is 14.4 Å². The minimum atomic E-state index is -1.26. The van der Waals surface area contributed by atoms with Crippen molar-refractivity contribution in [2.45, 2.75) is 6.92 Å². The zero-order chi connectivity index (χ0) is 8.57. The highest BCUT2D eigenvalue weighted by Crippen LogP contribution is 1.53. The van der Waals surface area contributed by atoms with Crippen molar-refractivity contribution in [2.75, 3.05) is 0 Å². The number of hydrogen-bond donors (Lipinski definition) is 2. The molecule has 2 N–H and O–H groups in total. The highest BCUT2D eigenvalue weighted by atomic mass is 16.4. The number of carbonyl (C=O) groups is 2. The Morgan fingerprint density at radius 1 is 1.40 bits per heavy atom. The highest BCUT2D eigenvalue weighted by molar-refractivity contribution is 5.88. The fraction of sp³-hybridized carbons (Fsp3) is 0.200. The number of carbonyl (C=O) groups excluding carboxylic acids is 1. The van der Waals surface area contributed by atoms with E-state index in [4.69, 9.17) is 19.8 Å². The maximum Gasteiger partial charge on any atom is 0.339 e. The second-order valence-electron chi connectivity index (χ2n) is 1.12. The molecule has 0 radical (unpaired) electrons. The molecule has 0 fully saturated rings. The van der Waals surface area contributed by atoms with Crippen LogP contribution in [0.5, 0.6) is 0 Å².